The average molecular weight is 223 g/mol. The number of piperazine rings is 1. The van der Waals surface area contributed by atoms with E-state index in [0.717, 1.165) is 39.0 Å². The van der Waals surface area contributed by atoms with E-state index in [4.69, 9.17) is 4.74 Å². The second-order valence-electron chi connectivity index (χ2n) is 5.05. The van der Waals surface area contributed by atoms with Gasteiger partial charge in [0, 0.05) is 39.0 Å². The minimum atomic E-state index is -0.292. The van der Waals surface area contributed by atoms with Crippen LogP contribution in [0.25, 0.3) is 0 Å². The van der Waals surface area contributed by atoms with Gasteiger partial charge in [-0.05, 0) is 13.8 Å². The van der Waals surface area contributed by atoms with Gasteiger partial charge in [0.25, 0.3) is 0 Å². The maximum Gasteiger partial charge on any atom is 0.114 e. The first-order valence-electron chi connectivity index (χ1n) is 6.19. The number of nitriles is 1. The van der Waals surface area contributed by atoms with Crippen LogP contribution in [-0.2, 0) is 4.74 Å². The molecular formula is C12H21N3O. The molecular weight excluding hydrogens is 202 g/mol. The van der Waals surface area contributed by atoms with Crippen molar-refractivity contribution in [3.05, 3.63) is 0 Å². The monoisotopic (exact) mass is 223 g/mol. The molecule has 2 atom stereocenters. The highest BCUT2D eigenvalue weighted by Crippen LogP contribution is 2.33. The molecule has 2 aliphatic heterocycles. The van der Waals surface area contributed by atoms with Crippen molar-refractivity contribution in [2.45, 2.75) is 44.4 Å². The van der Waals surface area contributed by atoms with Crippen LogP contribution in [0.5, 0.6) is 0 Å². The van der Waals surface area contributed by atoms with Crippen LogP contribution < -0.4 is 5.32 Å². The van der Waals surface area contributed by atoms with Crippen LogP contribution in [-0.4, -0.2) is 48.8 Å². The zero-order valence-corrected chi connectivity index (χ0v) is 10.2. The van der Waals surface area contributed by atoms with Gasteiger partial charge in [0.15, 0.2) is 0 Å². The zero-order valence-electron chi connectivity index (χ0n) is 10.2. The van der Waals surface area contributed by atoms with Crippen LogP contribution in [0.3, 0.4) is 0 Å². The third kappa shape index (κ3) is 2.22. The fraction of sp³-hybridized carbons (Fsp3) is 0.917. The maximum atomic E-state index is 9.56. The van der Waals surface area contributed by atoms with Crippen molar-refractivity contribution in [2.24, 2.45) is 0 Å². The molecule has 0 aromatic rings. The second kappa shape index (κ2) is 4.70. The molecule has 1 N–H and O–H groups in total. The Balaban J connectivity index is 2.14. The Bertz CT molecular complexity index is 270. The molecule has 2 aliphatic rings. The summed E-state index contributed by atoms with van der Waals surface area (Å²) in [5.41, 5.74) is -0.292. The summed E-state index contributed by atoms with van der Waals surface area (Å²) in [6.45, 7) is 8.09. The van der Waals surface area contributed by atoms with Gasteiger partial charge in [-0.3, -0.25) is 4.90 Å². The van der Waals surface area contributed by atoms with Gasteiger partial charge in [0.1, 0.15) is 5.54 Å². The lowest BCUT2D eigenvalue weighted by Crippen LogP contribution is -2.59. The Hall–Kier alpha value is -0.630. The Kier molecular flexibility index (Phi) is 3.48. The van der Waals surface area contributed by atoms with E-state index in [1.54, 1.807) is 0 Å². The molecule has 0 spiro atoms. The molecule has 0 amide bonds. The Labute approximate surface area is 97.6 Å². The topological polar surface area (TPSA) is 48.3 Å². The van der Waals surface area contributed by atoms with Crippen molar-refractivity contribution >= 4 is 0 Å². The van der Waals surface area contributed by atoms with Crippen LogP contribution in [0.4, 0.5) is 0 Å². The lowest BCUT2D eigenvalue weighted by atomic mass is 9.83. The molecule has 2 unspecified atom stereocenters. The molecule has 4 nitrogen and oxygen atoms in total. The average Bonchev–Trinajstić information content (AvgIpc) is 2.29. The van der Waals surface area contributed by atoms with E-state index >= 15 is 0 Å². The van der Waals surface area contributed by atoms with Crippen LogP contribution in [0, 0.1) is 11.3 Å². The third-order valence-electron chi connectivity index (χ3n) is 3.65. The summed E-state index contributed by atoms with van der Waals surface area (Å²) in [6.07, 6.45) is 2.07. The highest BCUT2D eigenvalue weighted by Gasteiger charge is 2.43. The minimum Gasteiger partial charge on any atom is -0.375 e. The van der Waals surface area contributed by atoms with E-state index in [0.29, 0.717) is 0 Å². The first kappa shape index (κ1) is 11.8. The van der Waals surface area contributed by atoms with Crippen molar-refractivity contribution in [1.82, 2.24) is 10.2 Å². The molecule has 0 aliphatic carbocycles. The molecule has 2 saturated heterocycles. The van der Waals surface area contributed by atoms with Crippen LogP contribution in [0.1, 0.15) is 26.7 Å². The highest BCUT2D eigenvalue weighted by atomic mass is 16.5. The number of hydrogen-bond donors (Lipinski definition) is 1. The quantitative estimate of drug-likeness (QED) is 0.712. The summed E-state index contributed by atoms with van der Waals surface area (Å²) in [6, 6.07) is 2.57. The molecule has 0 saturated carbocycles. The minimum absolute atomic E-state index is 0.193. The first-order chi connectivity index (χ1) is 7.66. The number of rotatable bonds is 1. The molecule has 2 fully saturated rings. The van der Waals surface area contributed by atoms with E-state index in [2.05, 4.69) is 30.1 Å². The van der Waals surface area contributed by atoms with Gasteiger partial charge in [-0.2, -0.15) is 5.26 Å². The lowest BCUT2D eigenvalue weighted by Gasteiger charge is -2.46. The highest BCUT2D eigenvalue weighted by molar-refractivity contribution is 5.12. The van der Waals surface area contributed by atoms with Gasteiger partial charge < -0.3 is 10.1 Å². The third-order valence-corrected chi connectivity index (χ3v) is 3.65. The van der Waals surface area contributed by atoms with Crippen molar-refractivity contribution in [3.8, 4) is 6.07 Å². The van der Waals surface area contributed by atoms with Gasteiger partial charge in [0.05, 0.1) is 18.3 Å². The maximum absolute atomic E-state index is 9.56. The van der Waals surface area contributed by atoms with Crippen molar-refractivity contribution in [2.75, 3.05) is 26.2 Å². The number of hydrogen-bond acceptors (Lipinski definition) is 4. The first-order valence-corrected chi connectivity index (χ1v) is 6.19. The fourth-order valence-electron chi connectivity index (χ4n) is 3.04. The SMILES string of the molecule is CC1CC(C#N)(N2CCNCC2)CC(C)O1. The van der Waals surface area contributed by atoms with E-state index in [1.807, 2.05) is 0 Å². The molecule has 16 heavy (non-hydrogen) atoms. The van der Waals surface area contributed by atoms with Gasteiger partial charge >= 0.3 is 0 Å². The smallest absolute Gasteiger partial charge is 0.114 e. The largest absolute Gasteiger partial charge is 0.375 e. The van der Waals surface area contributed by atoms with E-state index in [-0.39, 0.29) is 17.7 Å². The molecule has 0 aromatic heterocycles. The summed E-state index contributed by atoms with van der Waals surface area (Å²) in [4.78, 5) is 2.35. The predicted octanol–water partition coefficient (Wildman–Crippen LogP) is 0.741. The number of nitrogens with one attached hydrogen (secondary N) is 1. The van der Waals surface area contributed by atoms with E-state index < -0.39 is 0 Å². The summed E-state index contributed by atoms with van der Waals surface area (Å²) in [5, 5.41) is 12.9. The van der Waals surface area contributed by atoms with Crippen LogP contribution in [0.2, 0.25) is 0 Å². The normalized spacial score (nSPS) is 41.6. The van der Waals surface area contributed by atoms with Gasteiger partial charge in [-0.15, -0.1) is 0 Å². The second-order valence-corrected chi connectivity index (χ2v) is 5.05. The van der Waals surface area contributed by atoms with Gasteiger partial charge in [-0.1, -0.05) is 0 Å². The molecule has 0 radical (unpaired) electrons. The standard InChI is InChI=1S/C12H21N3O/c1-10-7-12(9-13,8-11(2)16-10)15-5-3-14-4-6-15/h10-11,14H,3-8H2,1-2H3. The van der Waals surface area contributed by atoms with Crippen LogP contribution >= 0.6 is 0 Å². The van der Waals surface area contributed by atoms with E-state index in [1.165, 1.54) is 0 Å². The summed E-state index contributed by atoms with van der Waals surface area (Å²) in [7, 11) is 0. The van der Waals surface area contributed by atoms with E-state index in [9.17, 15) is 5.26 Å². The van der Waals surface area contributed by atoms with Crippen LogP contribution in [0.15, 0.2) is 0 Å². The zero-order chi connectivity index (χ0) is 11.6. The van der Waals surface area contributed by atoms with Crippen molar-refractivity contribution < 1.29 is 4.74 Å². The lowest BCUT2D eigenvalue weighted by molar-refractivity contribution is -0.0889. The fourth-order valence-corrected chi connectivity index (χ4v) is 3.04. The van der Waals surface area contributed by atoms with Crippen molar-refractivity contribution in [3.63, 3.8) is 0 Å². The van der Waals surface area contributed by atoms with Crippen molar-refractivity contribution in [1.29, 1.82) is 5.26 Å². The Morgan fingerprint density at radius 1 is 1.25 bits per heavy atom. The molecule has 2 rings (SSSR count). The molecule has 0 bridgehead atoms. The molecule has 2 heterocycles. The predicted molar refractivity (Wildman–Crippen MR) is 62.0 cm³/mol. The summed E-state index contributed by atoms with van der Waals surface area (Å²) >= 11 is 0. The molecule has 90 valence electrons. The van der Waals surface area contributed by atoms with Gasteiger partial charge in [0.2, 0.25) is 0 Å². The molecule has 4 heteroatoms. The van der Waals surface area contributed by atoms with Gasteiger partial charge in [-0.25, -0.2) is 0 Å². The molecule has 0 aromatic carbocycles. The summed E-state index contributed by atoms with van der Waals surface area (Å²) in [5.74, 6) is 0. The number of nitrogens with zero attached hydrogens (tertiary/aromatic N) is 2. The summed E-state index contributed by atoms with van der Waals surface area (Å²) < 4.78 is 5.74. The number of ether oxygens (including phenoxy) is 1. The Morgan fingerprint density at radius 2 is 1.81 bits per heavy atom. The Morgan fingerprint density at radius 3 is 2.31 bits per heavy atom.